The Morgan fingerprint density at radius 3 is 1.63 bits per heavy atom. The van der Waals surface area contributed by atoms with E-state index in [1.165, 1.54) is 64.7 Å². The van der Waals surface area contributed by atoms with Gasteiger partial charge in [-0.15, -0.1) is 11.3 Å². The molecule has 0 aliphatic heterocycles. The van der Waals surface area contributed by atoms with Gasteiger partial charge in [-0.2, -0.15) is 0 Å². The van der Waals surface area contributed by atoms with E-state index in [0.29, 0.717) is 0 Å². The van der Waals surface area contributed by atoms with Gasteiger partial charge in [0.1, 0.15) is 0 Å². The van der Waals surface area contributed by atoms with Crippen LogP contribution in [0.25, 0.3) is 42.4 Å². The van der Waals surface area contributed by atoms with Crippen LogP contribution in [0.1, 0.15) is 22.3 Å². The van der Waals surface area contributed by atoms with Gasteiger partial charge in [-0.3, -0.25) is 0 Å². The van der Waals surface area contributed by atoms with Crippen molar-refractivity contribution in [3.63, 3.8) is 0 Å². The minimum Gasteiger partial charge on any atom is -0.310 e. The molecule has 8 aromatic carbocycles. The van der Waals surface area contributed by atoms with Crippen molar-refractivity contribution in [2.24, 2.45) is 0 Å². The SMILES string of the molecule is c1ccc(-c2ccc(N(c3ccc4c(c3)C(c3ccccc3)(c3ccccc3)c3ccccc3-4)c3ccc4sc5ccccc5c4c3)cc2)cc1. The minimum atomic E-state index is -0.471. The molecule has 1 nitrogen and oxygen atoms in total. The van der Waals surface area contributed by atoms with Gasteiger partial charge < -0.3 is 4.90 Å². The molecule has 0 radical (unpaired) electrons. The first-order valence-corrected chi connectivity index (χ1v) is 18.3. The molecule has 0 N–H and O–H groups in total. The first kappa shape index (κ1) is 29.7. The van der Waals surface area contributed by atoms with E-state index in [-0.39, 0.29) is 0 Å². The van der Waals surface area contributed by atoms with Gasteiger partial charge in [-0.05, 0) is 93.0 Å². The Labute approximate surface area is 302 Å². The molecule has 0 spiro atoms. The summed E-state index contributed by atoms with van der Waals surface area (Å²) in [4.78, 5) is 2.44. The van der Waals surface area contributed by atoms with Crippen LogP contribution in [0, 0.1) is 0 Å². The summed E-state index contributed by atoms with van der Waals surface area (Å²) in [5, 5.41) is 2.59. The molecule has 9 aromatic rings. The molecule has 0 amide bonds. The van der Waals surface area contributed by atoms with Crippen molar-refractivity contribution in [1.29, 1.82) is 0 Å². The maximum absolute atomic E-state index is 2.45. The van der Waals surface area contributed by atoms with Crippen molar-refractivity contribution in [2.75, 3.05) is 4.90 Å². The van der Waals surface area contributed by atoms with E-state index in [0.717, 1.165) is 17.1 Å². The van der Waals surface area contributed by atoms with Gasteiger partial charge in [0, 0.05) is 37.2 Å². The predicted octanol–water partition coefficient (Wildman–Crippen LogP) is 13.6. The molecule has 1 aliphatic rings. The Kier molecular flexibility index (Phi) is 6.97. The van der Waals surface area contributed by atoms with Gasteiger partial charge in [0.25, 0.3) is 0 Å². The fourth-order valence-electron chi connectivity index (χ4n) is 8.31. The van der Waals surface area contributed by atoms with E-state index in [2.05, 4.69) is 205 Å². The second kappa shape index (κ2) is 12.0. The summed E-state index contributed by atoms with van der Waals surface area (Å²) >= 11 is 1.86. The topological polar surface area (TPSA) is 3.24 Å². The Morgan fingerprint density at radius 1 is 0.353 bits per heavy atom. The highest BCUT2D eigenvalue weighted by molar-refractivity contribution is 7.25. The van der Waals surface area contributed by atoms with Crippen LogP contribution in [0.2, 0.25) is 0 Å². The maximum atomic E-state index is 2.45. The summed E-state index contributed by atoms with van der Waals surface area (Å²) in [6.07, 6.45) is 0. The van der Waals surface area contributed by atoms with Gasteiger partial charge >= 0.3 is 0 Å². The zero-order valence-corrected chi connectivity index (χ0v) is 28.7. The molecule has 2 heteroatoms. The third-order valence-electron chi connectivity index (χ3n) is 10.6. The predicted molar refractivity (Wildman–Crippen MR) is 217 cm³/mol. The van der Waals surface area contributed by atoms with Crippen LogP contribution in [0.3, 0.4) is 0 Å². The Hall–Kier alpha value is -6.22. The number of hydrogen-bond acceptors (Lipinski definition) is 2. The highest BCUT2D eigenvalue weighted by Crippen LogP contribution is 2.57. The Balaban J connectivity index is 1.23. The van der Waals surface area contributed by atoms with E-state index in [4.69, 9.17) is 0 Å². The van der Waals surface area contributed by atoms with Crippen LogP contribution in [-0.4, -0.2) is 0 Å². The molecular formula is C49H33NS. The average Bonchev–Trinajstić information content (AvgIpc) is 3.73. The molecular weight excluding hydrogens is 635 g/mol. The summed E-state index contributed by atoms with van der Waals surface area (Å²) in [6, 6.07) is 73.5. The number of anilines is 3. The normalized spacial score (nSPS) is 12.9. The molecule has 0 unspecified atom stereocenters. The second-order valence-corrected chi connectivity index (χ2v) is 14.4. The van der Waals surface area contributed by atoms with Crippen molar-refractivity contribution in [1.82, 2.24) is 0 Å². The number of rotatable bonds is 6. The van der Waals surface area contributed by atoms with Crippen molar-refractivity contribution in [3.05, 3.63) is 222 Å². The van der Waals surface area contributed by atoms with E-state index >= 15 is 0 Å². The summed E-state index contributed by atoms with van der Waals surface area (Å²) in [5.74, 6) is 0. The lowest BCUT2D eigenvalue weighted by Crippen LogP contribution is -2.28. The van der Waals surface area contributed by atoms with Crippen molar-refractivity contribution in [2.45, 2.75) is 5.41 Å². The smallest absolute Gasteiger partial charge is 0.0714 e. The van der Waals surface area contributed by atoms with Crippen LogP contribution in [0.5, 0.6) is 0 Å². The number of thiophene rings is 1. The van der Waals surface area contributed by atoms with Crippen molar-refractivity contribution in [3.8, 4) is 22.3 Å². The fraction of sp³-hybridized carbons (Fsp3) is 0.0204. The first-order valence-electron chi connectivity index (χ1n) is 17.5. The van der Waals surface area contributed by atoms with Crippen LogP contribution < -0.4 is 4.90 Å². The largest absolute Gasteiger partial charge is 0.310 e. The molecule has 1 aliphatic carbocycles. The van der Waals surface area contributed by atoms with E-state index in [9.17, 15) is 0 Å². The summed E-state index contributed by atoms with van der Waals surface area (Å²) in [5.41, 5.74) is 13.1. The summed E-state index contributed by atoms with van der Waals surface area (Å²) < 4.78 is 2.62. The highest BCUT2D eigenvalue weighted by Gasteiger charge is 2.46. The van der Waals surface area contributed by atoms with E-state index < -0.39 is 5.41 Å². The molecule has 0 bridgehead atoms. The van der Waals surface area contributed by atoms with Crippen LogP contribution in [-0.2, 0) is 5.41 Å². The molecule has 1 aromatic heterocycles. The average molecular weight is 668 g/mol. The van der Waals surface area contributed by atoms with E-state index in [1.807, 2.05) is 11.3 Å². The molecule has 51 heavy (non-hydrogen) atoms. The van der Waals surface area contributed by atoms with Crippen molar-refractivity contribution < 1.29 is 0 Å². The van der Waals surface area contributed by atoms with Crippen molar-refractivity contribution >= 4 is 48.6 Å². The van der Waals surface area contributed by atoms with Gasteiger partial charge in [0.2, 0.25) is 0 Å². The third-order valence-corrected chi connectivity index (χ3v) is 11.7. The standard InChI is InChI=1S/C49H33NS/c1-4-14-34(15-5-1)35-24-26-38(27-25-35)50(39-29-31-48-44(32-39)43-21-11-13-23-47(43)51-48)40-28-30-42-41-20-10-12-22-45(41)49(46(42)33-40,36-16-6-2-7-17-36)37-18-8-3-9-19-37/h1-33H. The lowest BCUT2D eigenvalue weighted by molar-refractivity contribution is 0.768. The fourth-order valence-corrected chi connectivity index (χ4v) is 9.39. The number of nitrogens with zero attached hydrogens (tertiary/aromatic N) is 1. The third kappa shape index (κ3) is 4.68. The minimum absolute atomic E-state index is 0.471. The van der Waals surface area contributed by atoms with Crippen LogP contribution in [0.15, 0.2) is 200 Å². The zero-order valence-electron chi connectivity index (χ0n) is 27.9. The molecule has 0 fully saturated rings. The molecule has 240 valence electrons. The summed E-state index contributed by atoms with van der Waals surface area (Å²) in [6.45, 7) is 0. The molecule has 0 saturated heterocycles. The van der Waals surface area contributed by atoms with E-state index in [1.54, 1.807) is 0 Å². The number of benzene rings is 8. The number of hydrogen-bond donors (Lipinski definition) is 0. The Morgan fingerprint density at radius 2 is 0.882 bits per heavy atom. The number of fused-ring (bicyclic) bond motifs is 6. The van der Waals surface area contributed by atoms with Gasteiger partial charge in [-0.25, -0.2) is 0 Å². The monoisotopic (exact) mass is 667 g/mol. The second-order valence-electron chi connectivity index (χ2n) is 13.3. The van der Waals surface area contributed by atoms with Crippen LogP contribution >= 0.6 is 11.3 Å². The molecule has 0 saturated carbocycles. The lowest BCUT2D eigenvalue weighted by Gasteiger charge is -2.35. The quantitative estimate of drug-likeness (QED) is 0.171. The molecule has 1 heterocycles. The zero-order chi connectivity index (χ0) is 33.8. The highest BCUT2D eigenvalue weighted by atomic mass is 32.1. The first-order chi connectivity index (χ1) is 25.3. The molecule has 10 rings (SSSR count). The van der Waals surface area contributed by atoms with Crippen LogP contribution in [0.4, 0.5) is 17.1 Å². The maximum Gasteiger partial charge on any atom is 0.0714 e. The van der Waals surface area contributed by atoms with Gasteiger partial charge in [-0.1, -0.05) is 152 Å². The summed E-state index contributed by atoms with van der Waals surface area (Å²) in [7, 11) is 0. The lowest BCUT2D eigenvalue weighted by atomic mass is 9.67. The van der Waals surface area contributed by atoms with Gasteiger partial charge in [0.15, 0.2) is 0 Å². The van der Waals surface area contributed by atoms with Gasteiger partial charge in [0.05, 0.1) is 5.41 Å². The Bertz CT molecular complexity index is 2640. The molecule has 0 atom stereocenters.